The molecule has 1 aliphatic heterocycles. The second kappa shape index (κ2) is 6.77. The second-order valence-electron chi connectivity index (χ2n) is 5.67. The Bertz CT molecular complexity index is 546. The van der Waals surface area contributed by atoms with Crippen LogP contribution in [0.15, 0.2) is 29.2 Å². The first-order valence-electron chi connectivity index (χ1n) is 7.31. The van der Waals surface area contributed by atoms with E-state index in [1.54, 1.807) is 24.3 Å². The van der Waals surface area contributed by atoms with Crippen LogP contribution in [0, 0.1) is 5.92 Å². The fourth-order valence-corrected chi connectivity index (χ4v) is 3.91. The highest BCUT2D eigenvalue weighted by Gasteiger charge is 2.29. The number of hydrogen-bond acceptors (Lipinski definition) is 4. The Kier molecular flexibility index (Phi) is 5.24. The van der Waals surface area contributed by atoms with E-state index in [4.69, 9.17) is 9.84 Å². The van der Waals surface area contributed by atoms with Gasteiger partial charge in [-0.1, -0.05) is 0 Å². The van der Waals surface area contributed by atoms with Gasteiger partial charge in [0.05, 0.1) is 11.0 Å². The van der Waals surface area contributed by atoms with Crippen molar-refractivity contribution < 1.29 is 18.3 Å². The van der Waals surface area contributed by atoms with Crippen molar-refractivity contribution in [1.82, 2.24) is 4.31 Å². The Hall–Kier alpha value is -1.11. The van der Waals surface area contributed by atoms with Crippen LogP contribution in [0.25, 0.3) is 0 Å². The minimum Gasteiger partial charge on any atom is -0.491 e. The molecule has 1 N–H and O–H groups in total. The molecule has 0 bridgehead atoms. The molecule has 0 aliphatic carbocycles. The van der Waals surface area contributed by atoms with Gasteiger partial charge in [-0.2, -0.15) is 4.31 Å². The monoisotopic (exact) mass is 313 g/mol. The summed E-state index contributed by atoms with van der Waals surface area (Å²) in [5.74, 6) is 0.890. The molecule has 6 heteroatoms. The molecule has 5 nitrogen and oxygen atoms in total. The second-order valence-corrected chi connectivity index (χ2v) is 7.61. The molecule has 1 saturated heterocycles. The molecule has 21 heavy (non-hydrogen) atoms. The van der Waals surface area contributed by atoms with Crippen LogP contribution in [0.3, 0.4) is 0 Å². The maximum absolute atomic E-state index is 12.5. The predicted octanol–water partition coefficient (Wildman–Crippen LogP) is 1.87. The van der Waals surface area contributed by atoms with E-state index in [2.05, 4.69) is 0 Å². The molecule has 1 fully saturated rings. The van der Waals surface area contributed by atoms with Crippen LogP contribution >= 0.6 is 0 Å². The van der Waals surface area contributed by atoms with Crippen molar-refractivity contribution in [3.63, 3.8) is 0 Å². The van der Waals surface area contributed by atoms with Crippen molar-refractivity contribution in [2.45, 2.75) is 37.7 Å². The van der Waals surface area contributed by atoms with E-state index >= 15 is 0 Å². The zero-order valence-corrected chi connectivity index (χ0v) is 13.3. The summed E-state index contributed by atoms with van der Waals surface area (Å²) in [6, 6.07) is 6.55. The van der Waals surface area contributed by atoms with E-state index in [1.807, 2.05) is 13.8 Å². The van der Waals surface area contributed by atoms with Crippen molar-refractivity contribution in [2.24, 2.45) is 5.92 Å². The fourth-order valence-electron chi connectivity index (χ4n) is 2.44. The first-order chi connectivity index (χ1) is 9.93. The molecule has 1 aromatic carbocycles. The molecule has 0 atom stereocenters. The summed E-state index contributed by atoms with van der Waals surface area (Å²) in [6.07, 6.45) is 1.49. The van der Waals surface area contributed by atoms with Crippen molar-refractivity contribution in [3.05, 3.63) is 24.3 Å². The number of rotatable bonds is 5. The van der Waals surface area contributed by atoms with E-state index in [0.717, 1.165) is 0 Å². The van der Waals surface area contributed by atoms with Gasteiger partial charge in [-0.15, -0.1) is 0 Å². The van der Waals surface area contributed by atoms with E-state index in [9.17, 15) is 8.42 Å². The molecule has 2 rings (SSSR count). The zero-order valence-electron chi connectivity index (χ0n) is 12.5. The Morgan fingerprint density at radius 2 is 1.81 bits per heavy atom. The van der Waals surface area contributed by atoms with Gasteiger partial charge in [-0.25, -0.2) is 8.42 Å². The number of ether oxygens (including phenoxy) is 1. The van der Waals surface area contributed by atoms with E-state index in [0.29, 0.717) is 36.6 Å². The van der Waals surface area contributed by atoms with Gasteiger partial charge in [0.1, 0.15) is 5.75 Å². The van der Waals surface area contributed by atoms with Crippen LogP contribution in [0.5, 0.6) is 5.75 Å². The van der Waals surface area contributed by atoms with Crippen LogP contribution in [-0.4, -0.2) is 43.6 Å². The minimum absolute atomic E-state index is 0.0602. The molecule has 1 aliphatic rings. The Balaban J connectivity index is 2.09. The summed E-state index contributed by atoms with van der Waals surface area (Å²) in [5, 5.41) is 9.12. The molecule has 0 aromatic heterocycles. The molecule has 118 valence electrons. The highest BCUT2D eigenvalue weighted by atomic mass is 32.2. The highest BCUT2D eigenvalue weighted by molar-refractivity contribution is 7.89. The maximum atomic E-state index is 12.5. The Labute approximate surface area is 126 Å². The SMILES string of the molecule is CC(C)Oc1ccc(S(=O)(=O)N2CCC(CO)CC2)cc1. The number of aliphatic hydroxyl groups excluding tert-OH is 1. The van der Waals surface area contributed by atoms with Crippen LogP contribution in [0.2, 0.25) is 0 Å². The highest BCUT2D eigenvalue weighted by Crippen LogP contribution is 2.25. The van der Waals surface area contributed by atoms with Crippen molar-refractivity contribution in [1.29, 1.82) is 0 Å². The lowest BCUT2D eigenvalue weighted by atomic mass is 10.00. The first-order valence-corrected chi connectivity index (χ1v) is 8.75. The van der Waals surface area contributed by atoms with E-state index in [-0.39, 0.29) is 18.6 Å². The van der Waals surface area contributed by atoms with Gasteiger partial charge in [0.25, 0.3) is 0 Å². The van der Waals surface area contributed by atoms with Crippen molar-refractivity contribution in [2.75, 3.05) is 19.7 Å². The predicted molar refractivity (Wildman–Crippen MR) is 80.8 cm³/mol. The number of aliphatic hydroxyl groups is 1. The third-order valence-corrected chi connectivity index (χ3v) is 5.58. The molecule has 0 unspecified atom stereocenters. The summed E-state index contributed by atoms with van der Waals surface area (Å²) < 4.78 is 32.1. The number of hydrogen-bond donors (Lipinski definition) is 1. The molecule has 0 saturated carbocycles. The van der Waals surface area contributed by atoms with E-state index in [1.165, 1.54) is 4.31 Å². The summed E-state index contributed by atoms with van der Waals surface area (Å²) >= 11 is 0. The number of sulfonamides is 1. The lowest BCUT2D eigenvalue weighted by molar-refractivity contribution is 0.170. The Morgan fingerprint density at radius 1 is 1.24 bits per heavy atom. The number of benzene rings is 1. The number of piperidine rings is 1. The molecular formula is C15H23NO4S. The van der Waals surface area contributed by atoms with Crippen molar-refractivity contribution in [3.8, 4) is 5.75 Å². The van der Waals surface area contributed by atoms with Gasteiger partial charge in [-0.05, 0) is 56.9 Å². The van der Waals surface area contributed by atoms with Gasteiger partial charge in [-0.3, -0.25) is 0 Å². The normalized spacial score (nSPS) is 18.1. The molecule has 0 spiro atoms. The molecule has 1 heterocycles. The minimum atomic E-state index is -3.44. The van der Waals surface area contributed by atoms with Crippen LogP contribution in [0.4, 0.5) is 0 Å². The quantitative estimate of drug-likeness (QED) is 0.901. The van der Waals surface area contributed by atoms with Gasteiger partial charge < -0.3 is 9.84 Å². The number of nitrogens with zero attached hydrogens (tertiary/aromatic N) is 1. The molecular weight excluding hydrogens is 290 g/mol. The topological polar surface area (TPSA) is 66.8 Å². The fraction of sp³-hybridized carbons (Fsp3) is 0.600. The summed E-state index contributed by atoms with van der Waals surface area (Å²) in [7, 11) is -3.44. The van der Waals surface area contributed by atoms with Crippen molar-refractivity contribution >= 4 is 10.0 Å². The standard InChI is InChI=1S/C15H23NO4S/c1-12(2)20-14-3-5-15(6-4-14)21(18,19)16-9-7-13(11-17)8-10-16/h3-6,12-13,17H,7-11H2,1-2H3. The van der Waals surface area contributed by atoms with Gasteiger partial charge in [0.2, 0.25) is 10.0 Å². The van der Waals surface area contributed by atoms with Crippen LogP contribution in [0.1, 0.15) is 26.7 Å². The zero-order chi connectivity index (χ0) is 15.5. The molecule has 1 aromatic rings. The third kappa shape index (κ3) is 3.96. The average molecular weight is 313 g/mol. The molecule has 0 radical (unpaired) electrons. The van der Waals surface area contributed by atoms with Gasteiger partial charge >= 0.3 is 0 Å². The molecule has 0 amide bonds. The average Bonchev–Trinajstić information content (AvgIpc) is 2.47. The lowest BCUT2D eigenvalue weighted by Gasteiger charge is -2.30. The maximum Gasteiger partial charge on any atom is 0.243 e. The first kappa shape index (κ1) is 16.3. The largest absolute Gasteiger partial charge is 0.491 e. The summed E-state index contributed by atoms with van der Waals surface area (Å²) in [6.45, 7) is 4.93. The van der Waals surface area contributed by atoms with Crippen LogP contribution in [-0.2, 0) is 10.0 Å². The van der Waals surface area contributed by atoms with E-state index < -0.39 is 10.0 Å². The smallest absolute Gasteiger partial charge is 0.243 e. The lowest BCUT2D eigenvalue weighted by Crippen LogP contribution is -2.39. The van der Waals surface area contributed by atoms with Crippen LogP contribution < -0.4 is 4.74 Å². The summed E-state index contributed by atoms with van der Waals surface area (Å²) in [4.78, 5) is 0.293. The summed E-state index contributed by atoms with van der Waals surface area (Å²) in [5.41, 5.74) is 0. The Morgan fingerprint density at radius 3 is 2.29 bits per heavy atom. The van der Waals surface area contributed by atoms with Gasteiger partial charge in [0, 0.05) is 19.7 Å². The third-order valence-electron chi connectivity index (χ3n) is 3.66. The van der Waals surface area contributed by atoms with Gasteiger partial charge in [0.15, 0.2) is 0 Å².